The molecular formula is C11H18N2O2. The lowest BCUT2D eigenvalue weighted by Crippen LogP contribution is -2.41. The van der Waals surface area contributed by atoms with E-state index in [2.05, 4.69) is 11.0 Å². The van der Waals surface area contributed by atoms with Crippen LogP contribution in [-0.2, 0) is 0 Å². The van der Waals surface area contributed by atoms with Crippen molar-refractivity contribution in [3.05, 3.63) is 0 Å². The molecule has 2 N–H and O–H groups in total. The summed E-state index contributed by atoms with van der Waals surface area (Å²) in [6, 6.07) is 2.60. The fourth-order valence-corrected chi connectivity index (χ4v) is 2.77. The molecule has 84 valence electrons. The Kier molecular flexibility index (Phi) is 3.25. The molecule has 1 saturated carbocycles. The molecule has 4 unspecified atom stereocenters. The van der Waals surface area contributed by atoms with Gasteiger partial charge in [-0.3, -0.25) is 4.90 Å². The van der Waals surface area contributed by atoms with Crippen LogP contribution in [0.1, 0.15) is 25.7 Å². The third-order valence-corrected chi connectivity index (χ3v) is 3.65. The van der Waals surface area contributed by atoms with E-state index in [-0.39, 0.29) is 12.0 Å². The van der Waals surface area contributed by atoms with E-state index in [4.69, 9.17) is 5.26 Å². The molecule has 1 heterocycles. The number of nitriles is 1. The van der Waals surface area contributed by atoms with E-state index in [1.165, 1.54) is 0 Å². The Hall–Kier alpha value is -0.630. The van der Waals surface area contributed by atoms with Crippen molar-refractivity contribution in [3.8, 4) is 6.07 Å². The Morgan fingerprint density at radius 1 is 1.07 bits per heavy atom. The van der Waals surface area contributed by atoms with Gasteiger partial charge in [-0.1, -0.05) is 12.8 Å². The zero-order valence-electron chi connectivity index (χ0n) is 8.84. The fourth-order valence-electron chi connectivity index (χ4n) is 2.77. The predicted octanol–water partition coefficient (Wildman–Crippen LogP) is 0.106. The average molecular weight is 210 g/mol. The molecule has 0 bridgehead atoms. The van der Waals surface area contributed by atoms with Crippen molar-refractivity contribution in [2.24, 2.45) is 5.92 Å². The molecule has 15 heavy (non-hydrogen) atoms. The topological polar surface area (TPSA) is 67.5 Å². The van der Waals surface area contributed by atoms with Crippen molar-refractivity contribution < 1.29 is 10.2 Å². The summed E-state index contributed by atoms with van der Waals surface area (Å²) in [5, 5.41) is 28.0. The molecule has 2 fully saturated rings. The van der Waals surface area contributed by atoms with E-state index in [0.717, 1.165) is 25.7 Å². The van der Waals surface area contributed by atoms with Gasteiger partial charge in [0.15, 0.2) is 0 Å². The molecule has 1 aliphatic heterocycles. The number of likely N-dealkylation sites (tertiary alicyclic amines) is 1. The number of aliphatic hydroxyl groups is 2. The van der Waals surface area contributed by atoms with E-state index in [9.17, 15) is 10.2 Å². The summed E-state index contributed by atoms with van der Waals surface area (Å²) in [7, 11) is 0. The highest BCUT2D eigenvalue weighted by molar-refractivity contribution is 4.99. The molecule has 0 radical (unpaired) electrons. The van der Waals surface area contributed by atoms with Crippen LogP contribution in [0, 0.1) is 17.2 Å². The SMILES string of the molecule is N#CC1CCCCC1N1CC(O)C(O)C1. The summed E-state index contributed by atoms with van der Waals surface area (Å²) in [4.78, 5) is 2.09. The lowest BCUT2D eigenvalue weighted by molar-refractivity contribution is 0.0572. The van der Waals surface area contributed by atoms with Gasteiger partial charge in [0.1, 0.15) is 0 Å². The van der Waals surface area contributed by atoms with Gasteiger partial charge >= 0.3 is 0 Å². The Morgan fingerprint density at radius 2 is 1.67 bits per heavy atom. The van der Waals surface area contributed by atoms with E-state index >= 15 is 0 Å². The minimum atomic E-state index is -0.633. The summed E-state index contributed by atoms with van der Waals surface area (Å²) in [6.45, 7) is 1.04. The monoisotopic (exact) mass is 210 g/mol. The minimum Gasteiger partial charge on any atom is -0.389 e. The van der Waals surface area contributed by atoms with Gasteiger partial charge < -0.3 is 10.2 Å². The molecular weight excluding hydrogens is 192 g/mol. The second-order valence-electron chi connectivity index (χ2n) is 4.68. The van der Waals surface area contributed by atoms with Crippen LogP contribution in [0.15, 0.2) is 0 Å². The van der Waals surface area contributed by atoms with Gasteiger partial charge in [-0.15, -0.1) is 0 Å². The van der Waals surface area contributed by atoms with Crippen molar-refractivity contribution >= 4 is 0 Å². The maximum absolute atomic E-state index is 9.48. The van der Waals surface area contributed by atoms with E-state index < -0.39 is 12.2 Å². The van der Waals surface area contributed by atoms with Crippen molar-refractivity contribution in [2.75, 3.05) is 13.1 Å². The number of β-amino-alcohol motifs (C(OH)–C–C–N with tert-alkyl or cyclic N) is 2. The molecule has 4 atom stereocenters. The van der Waals surface area contributed by atoms with Crippen LogP contribution in [0.4, 0.5) is 0 Å². The van der Waals surface area contributed by atoms with Gasteiger partial charge in [0.25, 0.3) is 0 Å². The summed E-state index contributed by atoms with van der Waals surface area (Å²) >= 11 is 0. The smallest absolute Gasteiger partial charge is 0.0938 e. The maximum atomic E-state index is 9.48. The Labute approximate surface area is 90.1 Å². The molecule has 0 aromatic heterocycles. The first-order valence-corrected chi connectivity index (χ1v) is 5.72. The lowest BCUT2D eigenvalue weighted by atomic mass is 9.84. The quantitative estimate of drug-likeness (QED) is 0.644. The minimum absolute atomic E-state index is 0.0799. The van der Waals surface area contributed by atoms with Gasteiger partial charge in [0, 0.05) is 19.1 Å². The highest BCUT2D eigenvalue weighted by Crippen LogP contribution is 2.30. The molecule has 0 aromatic rings. The third kappa shape index (κ3) is 2.15. The van der Waals surface area contributed by atoms with Gasteiger partial charge in [0.05, 0.1) is 24.2 Å². The van der Waals surface area contributed by atoms with E-state index in [1.54, 1.807) is 0 Å². The highest BCUT2D eigenvalue weighted by atomic mass is 16.3. The molecule has 0 spiro atoms. The molecule has 4 heteroatoms. The summed E-state index contributed by atoms with van der Waals surface area (Å²) < 4.78 is 0. The maximum Gasteiger partial charge on any atom is 0.0938 e. The number of rotatable bonds is 1. The van der Waals surface area contributed by atoms with Gasteiger partial charge in [0.2, 0.25) is 0 Å². The molecule has 1 saturated heterocycles. The molecule has 4 nitrogen and oxygen atoms in total. The van der Waals surface area contributed by atoms with Gasteiger partial charge in [-0.25, -0.2) is 0 Å². The van der Waals surface area contributed by atoms with E-state index in [0.29, 0.717) is 13.1 Å². The Morgan fingerprint density at radius 3 is 2.27 bits per heavy atom. The first-order valence-electron chi connectivity index (χ1n) is 5.72. The lowest BCUT2D eigenvalue weighted by Gasteiger charge is -2.34. The Bertz CT molecular complexity index is 254. The summed E-state index contributed by atoms with van der Waals surface area (Å²) in [5.41, 5.74) is 0. The fraction of sp³-hybridized carbons (Fsp3) is 0.909. The highest BCUT2D eigenvalue weighted by Gasteiger charge is 2.38. The van der Waals surface area contributed by atoms with Crippen LogP contribution in [0.3, 0.4) is 0 Å². The number of hydrogen-bond acceptors (Lipinski definition) is 4. The molecule has 1 aliphatic carbocycles. The van der Waals surface area contributed by atoms with Crippen molar-refractivity contribution in [1.82, 2.24) is 4.90 Å². The van der Waals surface area contributed by atoms with Gasteiger partial charge in [-0.05, 0) is 12.8 Å². The second kappa shape index (κ2) is 4.48. The van der Waals surface area contributed by atoms with Crippen molar-refractivity contribution in [2.45, 2.75) is 43.9 Å². The molecule has 0 aromatic carbocycles. The normalized spacial score (nSPS) is 42.7. The van der Waals surface area contributed by atoms with Crippen LogP contribution in [0.25, 0.3) is 0 Å². The first-order chi connectivity index (χ1) is 7.22. The summed E-state index contributed by atoms with van der Waals surface area (Å²) in [6.07, 6.45) is 3.01. The molecule has 2 aliphatic rings. The molecule has 2 rings (SSSR count). The zero-order chi connectivity index (χ0) is 10.8. The van der Waals surface area contributed by atoms with Crippen molar-refractivity contribution in [1.29, 1.82) is 5.26 Å². The van der Waals surface area contributed by atoms with E-state index in [1.807, 2.05) is 0 Å². The predicted molar refractivity (Wildman–Crippen MR) is 54.9 cm³/mol. The van der Waals surface area contributed by atoms with Crippen LogP contribution in [-0.4, -0.2) is 46.5 Å². The van der Waals surface area contributed by atoms with Crippen LogP contribution in [0.5, 0.6) is 0 Å². The van der Waals surface area contributed by atoms with Gasteiger partial charge in [-0.2, -0.15) is 5.26 Å². The largest absolute Gasteiger partial charge is 0.389 e. The third-order valence-electron chi connectivity index (χ3n) is 3.65. The number of nitrogens with zero attached hydrogens (tertiary/aromatic N) is 2. The molecule has 0 amide bonds. The standard InChI is InChI=1S/C11H18N2O2/c12-5-8-3-1-2-4-9(8)13-6-10(14)11(15)7-13/h8-11,14-15H,1-4,6-7H2. The second-order valence-corrected chi connectivity index (χ2v) is 4.68. The zero-order valence-corrected chi connectivity index (χ0v) is 8.84. The van der Waals surface area contributed by atoms with Crippen LogP contribution in [0.2, 0.25) is 0 Å². The first kappa shape index (κ1) is 10.9. The van der Waals surface area contributed by atoms with Crippen LogP contribution < -0.4 is 0 Å². The van der Waals surface area contributed by atoms with Crippen LogP contribution >= 0.6 is 0 Å². The summed E-state index contributed by atoms with van der Waals surface area (Å²) in [5.74, 6) is 0.0799. The number of hydrogen-bond donors (Lipinski definition) is 2. The average Bonchev–Trinajstić information content (AvgIpc) is 2.59. The Balaban J connectivity index is 2.00. The number of aliphatic hydroxyl groups excluding tert-OH is 2. The van der Waals surface area contributed by atoms with Crippen molar-refractivity contribution in [3.63, 3.8) is 0 Å².